The van der Waals surface area contributed by atoms with E-state index in [0.29, 0.717) is 18.1 Å². The molecule has 0 heterocycles. The first kappa shape index (κ1) is 16.5. The standard InChI is InChI=1S/C20H29NO2/c1-3-7-18(22)23-16-10-9-14-12-15-8-5-4-6-11-20(2,19(15)21)17(14)13-16/h9-10,13,15,19H,3-8,11-12,21H2,1-2H3/t15-,19-,20+/m0/s1. The molecular formula is C20H29NO2. The van der Waals surface area contributed by atoms with Crippen LogP contribution >= 0.6 is 0 Å². The second kappa shape index (κ2) is 6.64. The van der Waals surface area contributed by atoms with Crippen LogP contribution in [0, 0.1) is 5.92 Å². The van der Waals surface area contributed by atoms with Gasteiger partial charge in [-0.25, -0.2) is 0 Å². The fourth-order valence-corrected chi connectivity index (χ4v) is 4.48. The Balaban J connectivity index is 1.94. The molecule has 1 fully saturated rings. The van der Waals surface area contributed by atoms with Gasteiger partial charge in [-0.05, 0) is 54.9 Å². The molecular weight excluding hydrogens is 286 g/mol. The van der Waals surface area contributed by atoms with Gasteiger partial charge < -0.3 is 10.5 Å². The third-order valence-corrected chi connectivity index (χ3v) is 5.88. The zero-order chi connectivity index (χ0) is 16.4. The van der Waals surface area contributed by atoms with Gasteiger partial charge in [0.15, 0.2) is 0 Å². The summed E-state index contributed by atoms with van der Waals surface area (Å²) < 4.78 is 5.51. The van der Waals surface area contributed by atoms with Crippen LogP contribution in [0.3, 0.4) is 0 Å². The van der Waals surface area contributed by atoms with Crippen LogP contribution in [0.25, 0.3) is 0 Å². The summed E-state index contributed by atoms with van der Waals surface area (Å²) in [6, 6.07) is 6.40. The number of nitrogens with two attached hydrogens (primary N) is 1. The largest absolute Gasteiger partial charge is 0.427 e. The van der Waals surface area contributed by atoms with Gasteiger partial charge in [0.1, 0.15) is 5.75 Å². The molecule has 0 unspecified atom stereocenters. The minimum Gasteiger partial charge on any atom is -0.427 e. The zero-order valence-electron chi connectivity index (χ0n) is 14.4. The van der Waals surface area contributed by atoms with Gasteiger partial charge in [0, 0.05) is 17.9 Å². The molecule has 2 aliphatic rings. The average molecular weight is 315 g/mol. The topological polar surface area (TPSA) is 52.3 Å². The van der Waals surface area contributed by atoms with Crippen LogP contribution in [-0.4, -0.2) is 12.0 Å². The van der Waals surface area contributed by atoms with Crippen molar-refractivity contribution in [3.05, 3.63) is 29.3 Å². The number of ether oxygens (including phenoxy) is 1. The van der Waals surface area contributed by atoms with Crippen LogP contribution < -0.4 is 10.5 Å². The Kier molecular flexibility index (Phi) is 4.77. The third kappa shape index (κ3) is 3.16. The van der Waals surface area contributed by atoms with E-state index in [-0.39, 0.29) is 17.4 Å². The molecule has 1 saturated carbocycles. The Bertz CT molecular complexity index is 583. The molecule has 0 radical (unpaired) electrons. The highest BCUT2D eigenvalue weighted by molar-refractivity contribution is 5.72. The predicted molar refractivity (Wildman–Crippen MR) is 92.6 cm³/mol. The van der Waals surface area contributed by atoms with Crippen molar-refractivity contribution in [1.29, 1.82) is 0 Å². The van der Waals surface area contributed by atoms with E-state index in [1.807, 2.05) is 13.0 Å². The summed E-state index contributed by atoms with van der Waals surface area (Å²) in [7, 11) is 0. The van der Waals surface area contributed by atoms with Crippen molar-refractivity contribution in [2.24, 2.45) is 11.7 Å². The Morgan fingerprint density at radius 2 is 2.17 bits per heavy atom. The lowest BCUT2D eigenvalue weighted by molar-refractivity contribution is -0.134. The van der Waals surface area contributed by atoms with Gasteiger partial charge in [0.2, 0.25) is 0 Å². The van der Waals surface area contributed by atoms with Crippen LogP contribution in [0.15, 0.2) is 18.2 Å². The fraction of sp³-hybridized carbons (Fsp3) is 0.650. The van der Waals surface area contributed by atoms with E-state index in [9.17, 15) is 4.79 Å². The Morgan fingerprint density at radius 3 is 2.96 bits per heavy atom. The van der Waals surface area contributed by atoms with Crippen molar-refractivity contribution in [3.8, 4) is 5.75 Å². The molecule has 1 aromatic rings. The summed E-state index contributed by atoms with van der Waals surface area (Å²) in [5, 5.41) is 0. The van der Waals surface area contributed by atoms with E-state index in [1.54, 1.807) is 0 Å². The molecule has 23 heavy (non-hydrogen) atoms. The Hall–Kier alpha value is -1.35. The number of esters is 1. The van der Waals surface area contributed by atoms with Crippen LogP contribution in [0.1, 0.15) is 69.9 Å². The first-order valence-electron chi connectivity index (χ1n) is 9.14. The molecule has 2 bridgehead atoms. The van der Waals surface area contributed by atoms with Gasteiger partial charge in [0.05, 0.1) is 0 Å². The molecule has 0 aromatic heterocycles. The highest BCUT2D eigenvalue weighted by Gasteiger charge is 2.43. The van der Waals surface area contributed by atoms with Gasteiger partial charge in [-0.1, -0.05) is 39.2 Å². The summed E-state index contributed by atoms with van der Waals surface area (Å²) in [5.74, 6) is 1.12. The average Bonchev–Trinajstić information content (AvgIpc) is 2.52. The maximum atomic E-state index is 11.8. The summed E-state index contributed by atoms with van der Waals surface area (Å²) in [6.07, 6.45) is 8.55. The number of rotatable bonds is 3. The van der Waals surface area contributed by atoms with Crippen molar-refractivity contribution in [3.63, 3.8) is 0 Å². The zero-order valence-corrected chi connectivity index (χ0v) is 14.4. The highest BCUT2D eigenvalue weighted by Crippen LogP contribution is 2.46. The van der Waals surface area contributed by atoms with E-state index in [1.165, 1.54) is 36.8 Å². The number of hydrogen-bond acceptors (Lipinski definition) is 3. The highest BCUT2D eigenvalue weighted by atomic mass is 16.5. The molecule has 0 spiro atoms. The van der Waals surface area contributed by atoms with Gasteiger partial charge in [-0.15, -0.1) is 0 Å². The van der Waals surface area contributed by atoms with Crippen molar-refractivity contribution in [2.75, 3.05) is 0 Å². The van der Waals surface area contributed by atoms with Crippen molar-refractivity contribution >= 4 is 5.97 Å². The number of fused-ring (bicyclic) bond motifs is 4. The number of carbonyl (C=O) groups excluding carboxylic acids is 1. The number of hydrogen-bond donors (Lipinski definition) is 1. The lowest BCUT2D eigenvalue weighted by Gasteiger charge is -2.47. The molecule has 0 aliphatic heterocycles. The maximum absolute atomic E-state index is 11.8. The summed E-state index contributed by atoms with van der Waals surface area (Å²) >= 11 is 0. The molecule has 3 atom stereocenters. The van der Waals surface area contributed by atoms with Gasteiger partial charge >= 0.3 is 5.97 Å². The quantitative estimate of drug-likeness (QED) is 0.674. The van der Waals surface area contributed by atoms with E-state index >= 15 is 0 Å². The van der Waals surface area contributed by atoms with E-state index in [0.717, 1.165) is 19.3 Å². The summed E-state index contributed by atoms with van der Waals surface area (Å²) in [6.45, 7) is 4.30. The molecule has 2 aliphatic carbocycles. The van der Waals surface area contributed by atoms with Crippen molar-refractivity contribution in [2.45, 2.75) is 76.7 Å². The lowest BCUT2D eigenvalue weighted by Crippen LogP contribution is -2.52. The molecule has 3 rings (SSSR count). The van der Waals surface area contributed by atoms with Gasteiger partial charge in [-0.3, -0.25) is 4.79 Å². The van der Waals surface area contributed by atoms with Gasteiger partial charge in [0.25, 0.3) is 0 Å². The van der Waals surface area contributed by atoms with Crippen LogP contribution in [-0.2, 0) is 16.6 Å². The third-order valence-electron chi connectivity index (χ3n) is 5.88. The maximum Gasteiger partial charge on any atom is 0.311 e. The fourth-order valence-electron chi connectivity index (χ4n) is 4.48. The minimum atomic E-state index is -0.145. The first-order valence-corrected chi connectivity index (χ1v) is 9.14. The summed E-state index contributed by atoms with van der Waals surface area (Å²) in [4.78, 5) is 11.8. The molecule has 126 valence electrons. The number of benzene rings is 1. The first-order chi connectivity index (χ1) is 11.0. The van der Waals surface area contributed by atoms with Gasteiger partial charge in [-0.2, -0.15) is 0 Å². The van der Waals surface area contributed by atoms with Crippen LogP contribution in [0.4, 0.5) is 0 Å². The minimum absolute atomic E-state index is 0.00580. The normalized spacial score (nSPS) is 30.0. The SMILES string of the molecule is CCCC(=O)Oc1ccc2c(c1)[C@@]1(C)CCCCC[C@@H](C2)[C@@H]1N. The molecule has 3 nitrogen and oxygen atoms in total. The van der Waals surface area contributed by atoms with E-state index in [2.05, 4.69) is 19.1 Å². The molecule has 3 heteroatoms. The Labute approximate surface area is 139 Å². The molecule has 0 amide bonds. The smallest absolute Gasteiger partial charge is 0.311 e. The van der Waals surface area contributed by atoms with Crippen LogP contribution in [0.2, 0.25) is 0 Å². The molecule has 0 saturated heterocycles. The lowest BCUT2D eigenvalue weighted by atomic mass is 9.60. The summed E-state index contributed by atoms with van der Waals surface area (Å²) in [5.41, 5.74) is 9.41. The monoisotopic (exact) mass is 315 g/mol. The second-order valence-corrected chi connectivity index (χ2v) is 7.55. The predicted octanol–water partition coefficient (Wildman–Crippen LogP) is 4.11. The number of carbonyl (C=O) groups is 1. The van der Waals surface area contributed by atoms with Crippen molar-refractivity contribution < 1.29 is 9.53 Å². The second-order valence-electron chi connectivity index (χ2n) is 7.55. The van der Waals surface area contributed by atoms with Crippen molar-refractivity contribution in [1.82, 2.24) is 0 Å². The Morgan fingerprint density at radius 1 is 1.35 bits per heavy atom. The molecule has 1 aromatic carbocycles. The van der Waals surface area contributed by atoms with E-state index < -0.39 is 0 Å². The van der Waals surface area contributed by atoms with E-state index in [4.69, 9.17) is 10.5 Å². The van der Waals surface area contributed by atoms with Crippen LogP contribution in [0.5, 0.6) is 5.75 Å². The molecule has 2 N–H and O–H groups in total.